The summed E-state index contributed by atoms with van der Waals surface area (Å²) in [5, 5.41) is 0.750. The molecule has 2 aromatic carbocycles. The Morgan fingerprint density at radius 1 is 1.23 bits per heavy atom. The minimum atomic E-state index is -0.0109. The van der Waals surface area contributed by atoms with Gasteiger partial charge in [0.1, 0.15) is 0 Å². The molecule has 0 aliphatic rings. The summed E-state index contributed by atoms with van der Waals surface area (Å²) in [5.41, 5.74) is 2.79. The number of halogens is 1. The van der Waals surface area contributed by atoms with Crippen LogP contribution in [0.25, 0.3) is 10.2 Å². The third-order valence-electron chi connectivity index (χ3n) is 4.76. The summed E-state index contributed by atoms with van der Waals surface area (Å²) >= 11 is 3.21. The van der Waals surface area contributed by atoms with Gasteiger partial charge >= 0.3 is 0 Å². The van der Waals surface area contributed by atoms with Gasteiger partial charge in [-0.05, 0) is 49.4 Å². The molecular formula is C22H23ClN4OS2. The number of fused-ring (bicyclic) bond motifs is 1. The van der Waals surface area contributed by atoms with Gasteiger partial charge in [0.25, 0.3) is 5.91 Å². The SMILES string of the molecule is CSc1cccc(C(=O)N(CCCn2ccnc2)c2nc3c(C)cccc3s2)c1.Cl. The molecule has 0 aliphatic heterocycles. The van der Waals surface area contributed by atoms with E-state index >= 15 is 0 Å². The van der Waals surface area contributed by atoms with Crippen LogP contribution in [0.4, 0.5) is 5.13 Å². The third kappa shape index (κ3) is 4.86. The van der Waals surface area contributed by atoms with Crippen LogP contribution in [0.2, 0.25) is 0 Å². The predicted octanol–water partition coefficient (Wildman–Crippen LogP) is 5.68. The van der Waals surface area contributed by atoms with Crippen molar-refractivity contribution in [1.29, 1.82) is 0 Å². The number of nitrogens with zero attached hydrogens (tertiary/aromatic N) is 4. The van der Waals surface area contributed by atoms with E-state index in [2.05, 4.69) is 24.0 Å². The largest absolute Gasteiger partial charge is 0.337 e. The number of aryl methyl sites for hydroxylation is 2. The molecule has 0 unspecified atom stereocenters. The number of imidazole rings is 1. The summed E-state index contributed by atoms with van der Waals surface area (Å²) in [6.07, 6.45) is 8.35. The quantitative estimate of drug-likeness (QED) is 0.334. The first-order chi connectivity index (χ1) is 14.2. The lowest BCUT2D eigenvalue weighted by Crippen LogP contribution is -2.32. The second-order valence-electron chi connectivity index (χ2n) is 6.76. The molecule has 156 valence electrons. The zero-order valence-corrected chi connectivity index (χ0v) is 19.3. The van der Waals surface area contributed by atoms with Crippen LogP contribution in [0.1, 0.15) is 22.3 Å². The van der Waals surface area contributed by atoms with Gasteiger partial charge < -0.3 is 4.57 Å². The van der Waals surface area contributed by atoms with Crippen LogP contribution in [-0.4, -0.2) is 33.2 Å². The molecule has 5 nitrogen and oxygen atoms in total. The number of amides is 1. The van der Waals surface area contributed by atoms with Gasteiger partial charge in [0.05, 0.1) is 16.5 Å². The number of para-hydroxylation sites is 1. The molecule has 0 N–H and O–H groups in total. The monoisotopic (exact) mass is 458 g/mol. The summed E-state index contributed by atoms with van der Waals surface area (Å²) in [6.45, 7) is 3.46. The van der Waals surface area contributed by atoms with Crippen molar-refractivity contribution < 1.29 is 4.79 Å². The highest BCUT2D eigenvalue weighted by molar-refractivity contribution is 7.98. The van der Waals surface area contributed by atoms with Crippen molar-refractivity contribution in [3.05, 3.63) is 72.3 Å². The number of rotatable bonds is 7. The number of aromatic nitrogens is 3. The zero-order valence-electron chi connectivity index (χ0n) is 16.8. The highest BCUT2D eigenvalue weighted by Gasteiger charge is 2.21. The number of benzene rings is 2. The van der Waals surface area contributed by atoms with E-state index in [0.29, 0.717) is 12.1 Å². The van der Waals surface area contributed by atoms with E-state index in [1.54, 1.807) is 35.6 Å². The first-order valence-corrected chi connectivity index (χ1v) is 11.5. The van der Waals surface area contributed by atoms with Crippen LogP contribution in [-0.2, 0) is 6.54 Å². The van der Waals surface area contributed by atoms with Gasteiger partial charge in [0.2, 0.25) is 0 Å². The number of thioether (sulfide) groups is 1. The molecule has 0 radical (unpaired) electrons. The summed E-state index contributed by atoms with van der Waals surface area (Å²) in [4.78, 5) is 25.2. The second-order valence-corrected chi connectivity index (χ2v) is 8.65. The van der Waals surface area contributed by atoms with E-state index in [0.717, 1.165) is 38.8 Å². The smallest absolute Gasteiger partial charge is 0.260 e. The maximum Gasteiger partial charge on any atom is 0.260 e. The topological polar surface area (TPSA) is 51.0 Å². The van der Waals surface area contributed by atoms with Crippen LogP contribution >= 0.6 is 35.5 Å². The molecular weight excluding hydrogens is 436 g/mol. The Bertz CT molecular complexity index is 1130. The number of hydrogen-bond acceptors (Lipinski definition) is 5. The van der Waals surface area contributed by atoms with Gasteiger partial charge in [-0.15, -0.1) is 24.2 Å². The highest BCUT2D eigenvalue weighted by Crippen LogP contribution is 2.32. The van der Waals surface area contributed by atoms with E-state index in [-0.39, 0.29) is 18.3 Å². The molecule has 0 bridgehead atoms. The first kappa shape index (κ1) is 22.3. The number of carbonyl (C=O) groups excluding carboxylic acids is 1. The summed E-state index contributed by atoms with van der Waals surface area (Å²) in [6, 6.07) is 13.9. The van der Waals surface area contributed by atoms with Crippen molar-refractivity contribution in [3.63, 3.8) is 0 Å². The van der Waals surface area contributed by atoms with Gasteiger partial charge in [-0.1, -0.05) is 29.5 Å². The standard InChI is InChI=1S/C22H22N4OS2.ClH/c1-16-6-3-9-19-20(16)24-22(29-19)26(12-5-11-25-13-10-23-15-25)21(27)17-7-4-8-18(14-17)28-2;/h3-4,6-10,13-15H,5,11-12H2,1-2H3;1H. The minimum absolute atomic E-state index is 0. The van der Waals surface area contributed by atoms with E-state index < -0.39 is 0 Å². The Labute approximate surface area is 190 Å². The molecule has 0 saturated heterocycles. The van der Waals surface area contributed by atoms with E-state index in [4.69, 9.17) is 4.98 Å². The molecule has 0 spiro atoms. The molecule has 8 heteroatoms. The van der Waals surface area contributed by atoms with Gasteiger partial charge in [-0.2, -0.15) is 0 Å². The van der Waals surface area contributed by atoms with Gasteiger partial charge in [0.15, 0.2) is 5.13 Å². The molecule has 0 atom stereocenters. The average molecular weight is 459 g/mol. The number of hydrogen-bond donors (Lipinski definition) is 0. The predicted molar refractivity (Wildman–Crippen MR) is 128 cm³/mol. The molecule has 1 amide bonds. The fourth-order valence-corrected chi connectivity index (χ4v) is 4.74. The maximum atomic E-state index is 13.4. The lowest BCUT2D eigenvalue weighted by atomic mass is 10.2. The summed E-state index contributed by atoms with van der Waals surface area (Å²) in [5.74, 6) is -0.0109. The van der Waals surface area contributed by atoms with Crippen molar-refractivity contribution in [2.75, 3.05) is 17.7 Å². The Hall–Kier alpha value is -2.35. The number of thiazole rings is 1. The van der Waals surface area contributed by atoms with Gasteiger partial charge in [0, 0.05) is 35.9 Å². The minimum Gasteiger partial charge on any atom is -0.337 e. The van der Waals surface area contributed by atoms with Gasteiger partial charge in [-0.25, -0.2) is 9.97 Å². The van der Waals surface area contributed by atoms with Crippen LogP contribution in [0, 0.1) is 6.92 Å². The Kier molecular flexibility index (Phi) is 7.53. The van der Waals surface area contributed by atoms with Crippen molar-refractivity contribution in [2.45, 2.75) is 24.8 Å². The van der Waals surface area contributed by atoms with E-state index in [1.807, 2.05) is 52.3 Å². The number of carbonyl (C=O) groups is 1. The Morgan fingerprint density at radius 2 is 2.07 bits per heavy atom. The number of anilines is 1. The molecule has 4 aromatic rings. The molecule has 30 heavy (non-hydrogen) atoms. The molecule has 4 rings (SSSR count). The fraction of sp³-hybridized carbons (Fsp3) is 0.227. The van der Waals surface area contributed by atoms with Crippen molar-refractivity contribution >= 4 is 56.8 Å². The normalized spacial score (nSPS) is 10.7. The molecule has 0 fully saturated rings. The average Bonchev–Trinajstić information content (AvgIpc) is 3.41. The van der Waals surface area contributed by atoms with Crippen molar-refractivity contribution in [3.8, 4) is 0 Å². The van der Waals surface area contributed by atoms with Crippen molar-refractivity contribution in [2.24, 2.45) is 0 Å². The lowest BCUT2D eigenvalue weighted by molar-refractivity contribution is 0.0986. The maximum absolute atomic E-state index is 13.4. The first-order valence-electron chi connectivity index (χ1n) is 9.43. The summed E-state index contributed by atoms with van der Waals surface area (Å²) < 4.78 is 3.13. The van der Waals surface area contributed by atoms with Crippen LogP contribution in [0.3, 0.4) is 0 Å². The van der Waals surface area contributed by atoms with Gasteiger partial charge in [-0.3, -0.25) is 9.69 Å². The van der Waals surface area contributed by atoms with Crippen LogP contribution in [0.15, 0.2) is 66.1 Å². The van der Waals surface area contributed by atoms with Crippen molar-refractivity contribution in [1.82, 2.24) is 14.5 Å². The Balaban J connectivity index is 0.00000256. The summed E-state index contributed by atoms with van der Waals surface area (Å²) in [7, 11) is 0. The molecule has 2 aromatic heterocycles. The van der Waals surface area contributed by atoms with E-state index in [1.165, 1.54) is 0 Å². The molecule has 0 saturated carbocycles. The second kappa shape index (κ2) is 10.1. The van der Waals surface area contributed by atoms with Crippen LogP contribution in [0.5, 0.6) is 0 Å². The zero-order chi connectivity index (χ0) is 20.2. The fourth-order valence-electron chi connectivity index (χ4n) is 3.22. The highest BCUT2D eigenvalue weighted by atomic mass is 35.5. The molecule has 2 heterocycles. The Morgan fingerprint density at radius 3 is 2.80 bits per heavy atom. The van der Waals surface area contributed by atoms with Crippen LogP contribution < -0.4 is 4.90 Å². The third-order valence-corrected chi connectivity index (χ3v) is 6.53. The molecule has 0 aliphatic carbocycles. The lowest BCUT2D eigenvalue weighted by Gasteiger charge is -2.20. The van der Waals surface area contributed by atoms with E-state index in [9.17, 15) is 4.79 Å².